The molecule has 1 aliphatic carbocycles. The Balaban J connectivity index is 1.40. The average Bonchev–Trinajstić information content (AvgIpc) is 3.08. The number of hydrogen-bond donors (Lipinski definition) is 3. The van der Waals surface area contributed by atoms with Crippen molar-refractivity contribution in [2.75, 3.05) is 18.4 Å². The highest BCUT2D eigenvalue weighted by molar-refractivity contribution is 5.99. The number of hydrogen-bond acceptors (Lipinski definition) is 3. The molecule has 0 aromatic heterocycles. The van der Waals surface area contributed by atoms with Gasteiger partial charge in [-0.25, -0.2) is 0 Å². The molecule has 5 nitrogen and oxygen atoms in total. The van der Waals surface area contributed by atoms with Crippen molar-refractivity contribution in [3.63, 3.8) is 0 Å². The summed E-state index contributed by atoms with van der Waals surface area (Å²) in [7, 11) is 0. The molecule has 2 heterocycles. The Morgan fingerprint density at radius 3 is 2.91 bits per heavy atom. The van der Waals surface area contributed by atoms with Gasteiger partial charge in [0.2, 0.25) is 11.8 Å². The van der Waals surface area contributed by atoms with E-state index >= 15 is 0 Å². The van der Waals surface area contributed by atoms with E-state index in [4.69, 9.17) is 0 Å². The average molecular weight is 313 g/mol. The first kappa shape index (κ1) is 14.7. The summed E-state index contributed by atoms with van der Waals surface area (Å²) in [6, 6.07) is 5.93. The second kappa shape index (κ2) is 5.34. The van der Waals surface area contributed by atoms with Crippen LogP contribution in [-0.4, -0.2) is 24.9 Å². The Labute approximate surface area is 136 Å². The zero-order valence-corrected chi connectivity index (χ0v) is 13.4. The Hall–Kier alpha value is -1.88. The monoisotopic (exact) mass is 313 g/mol. The second-order valence-electron chi connectivity index (χ2n) is 7.24. The Morgan fingerprint density at radius 1 is 1.35 bits per heavy atom. The predicted molar refractivity (Wildman–Crippen MR) is 88.0 cm³/mol. The molecule has 122 valence electrons. The summed E-state index contributed by atoms with van der Waals surface area (Å²) in [4.78, 5) is 24.0. The molecule has 23 heavy (non-hydrogen) atoms. The summed E-state index contributed by atoms with van der Waals surface area (Å²) in [6.07, 6.45) is 3.70. The van der Waals surface area contributed by atoms with Gasteiger partial charge in [-0.1, -0.05) is 12.1 Å². The maximum Gasteiger partial charge on any atom is 0.228 e. The van der Waals surface area contributed by atoms with Crippen molar-refractivity contribution in [3.8, 4) is 0 Å². The normalized spacial score (nSPS) is 25.6. The number of nitrogens with one attached hydrogen (secondary N) is 3. The third-order valence-electron chi connectivity index (χ3n) is 5.72. The van der Waals surface area contributed by atoms with E-state index in [0.29, 0.717) is 6.42 Å². The van der Waals surface area contributed by atoms with Crippen LogP contribution in [0.3, 0.4) is 0 Å². The van der Waals surface area contributed by atoms with Gasteiger partial charge in [0.25, 0.3) is 0 Å². The first-order chi connectivity index (χ1) is 11.1. The van der Waals surface area contributed by atoms with E-state index in [0.717, 1.165) is 49.2 Å². The summed E-state index contributed by atoms with van der Waals surface area (Å²) < 4.78 is 0. The fourth-order valence-corrected chi connectivity index (χ4v) is 4.11. The highest BCUT2D eigenvalue weighted by Crippen LogP contribution is 2.58. The smallest absolute Gasteiger partial charge is 0.228 e. The van der Waals surface area contributed by atoms with Gasteiger partial charge in [0.15, 0.2) is 0 Å². The van der Waals surface area contributed by atoms with Crippen LogP contribution in [0.15, 0.2) is 18.2 Å². The van der Waals surface area contributed by atoms with E-state index in [1.54, 1.807) is 0 Å². The zero-order valence-electron chi connectivity index (χ0n) is 13.4. The molecule has 1 saturated heterocycles. The van der Waals surface area contributed by atoms with Crippen molar-refractivity contribution < 1.29 is 9.59 Å². The lowest BCUT2D eigenvalue weighted by molar-refractivity contribution is -0.124. The number of piperidine rings is 1. The van der Waals surface area contributed by atoms with Crippen molar-refractivity contribution in [1.82, 2.24) is 10.6 Å². The number of rotatable bonds is 3. The number of amides is 2. The van der Waals surface area contributed by atoms with Crippen LogP contribution in [0.4, 0.5) is 5.69 Å². The fraction of sp³-hybridized carbons (Fsp3) is 0.556. The number of fused-ring (bicyclic) bond motifs is 1. The van der Waals surface area contributed by atoms with Crippen LogP contribution in [0.1, 0.15) is 43.4 Å². The Morgan fingerprint density at radius 2 is 2.13 bits per heavy atom. The van der Waals surface area contributed by atoms with E-state index in [-0.39, 0.29) is 29.2 Å². The molecule has 1 aromatic carbocycles. The van der Waals surface area contributed by atoms with Gasteiger partial charge in [-0.2, -0.15) is 0 Å². The lowest BCUT2D eigenvalue weighted by Gasteiger charge is -2.24. The molecule has 2 fully saturated rings. The first-order valence-corrected chi connectivity index (χ1v) is 8.51. The molecule has 5 heteroatoms. The molecule has 3 aliphatic rings. The van der Waals surface area contributed by atoms with Crippen molar-refractivity contribution in [2.45, 2.75) is 38.6 Å². The van der Waals surface area contributed by atoms with Gasteiger partial charge >= 0.3 is 0 Å². The van der Waals surface area contributed by atoms with Gasteiger partial charge in [0.1, 0.15) is 0 Å². The Bertz CT molecular complexity index is 664. The van der Waals surface area contributed by atoms with Crippen molar-refractivity contribution in [1.29, 1.82) is 0 Å². The highest BCUT2D eigenvalue weighted by atomic mass is 16.2. The van der Waals surface area contributed by atoms with Gasteiger partial charge in [-0.05, 0) is 61.9 Å². The number of carbonyl (C=O) groups is 2. The minimum Gasteiger partial charge on any atom is -0.349 e. The molecule has 1 spiro atoms. The third kappa shape index (κ3) is 2.63. The molecular formula is C18H23N3O2. The van der Waals surface area contributed by atoms with E-state index < -0.39 is 0 Å². The van der Waals surface area contributed by atoms with Crippen LogP contribution in [0.2, 0.25) is 0 Å². The SMILES string of the molecule is CC(NC(=O)C1CC12CCNCC2)c1ccc2c(c1)CC(=O)N2. The number of anilines is 1. The first-order valence-electron chi connectivity index (χ1n) is 8.51. The maximum absolute atomic E-state index is 12.6. The van der Waals surface area contributed by atoms with E-state index in [1.807, 2.05) is 25.1 Å². The molecule has 2 amide bonds. The molecule has 2 atom stereocenters. The molecule has 0 radical (unpaired) electrons. The highest BCUT2D eigenvalue weighted by Gasteiger charge is 2.57. The molecule has 1 saturated carbocycles. The topological polar surface area (TPSA) is 70.2 Å². The molecule has 0 bridgehead atoms. The van der Waals surface area contributed by atoms with E-state index in [9.17, 15) is 9.59 Å². The molecule has 3 N–H and O–H groups in total. The minimum absolute atomic E-state index is 0.0251. The fourth-order valence-electron chi connectivity index (χ4n) is 4.11. The number of carbonyl (C=O) groups excluding carboxylic acids is 2. The lowest BCUT2D eigenvalue weighted by atomic mass is 9.91. The summed E-state index contributed by atoms with van der Waals surface area (Å²) >= 11 is 0. The maximum atomic E-state index is 12.6. The van der Waals surface area contributed by atoms with Gasteiger partial charge in [0.05, 0.1) is 12.5 Å². The van der Waals surface area contributed by atoms with Crippen molar-refractivity contribution in [3.05, 3.63) is 29.3 Å². The van der Waals surface area contributed by atoms with Crippen LogP contribution in [0.25, 0.3) is 0 Å². The van der Waals surface area contributed by atoms with Crippen LogP contribution in [0, 0.1) is 11.3 Å². The summed E-state index contributed by atoms with van der Waals surface area (Å²) in [5.74, 6) is 0.415. The largest absolute Gasteiger partial charge is 0.349 e. The molecular weight excluding hydrogens is 290 g/mol. The van der Waals surface area contributed by atoms with Gasteiger partial charge in [-0.3, -0.25) is 9.59 Å². The van der Waals surface area contributed by atoms with Crippen LogP contribution in [-0.2, 0) is 16.0 Å². The minimum atomic E-state index is -0.0251. The van der Waals surface area contributed by atoms with Crippen molar-refractivity contribution in [2.24, 2.45) is 11.3 Å². The second-order valence-corrected chi connectivity index (χ2v) is 7.24. The summed E-state index contributed by atoms with van der Waals surface area (Å²) in [5.41, 5.74) is 3.25. The molecule has 2 aliphatic heterocycles. The summed E-state index contributed by atoms with van der Waals surface area (Å²) in [5, 5.41) is 9.38. The van der Waals surface area contributed by atoms with E-state index in [2.05, 4.69) is 16.0 Å². The van der Waals surface area contributed by atoms with Gasteiger partial charge < -0.3 is 16.0 Å². The van der Waals surface area contributed by atoms with Crippen LogP contribution < -0.4 is 16.0 Å². The van der Waals surface area contributed by atoms with Gasteiger partial charge in [-0.15, -0.1) is 0 Å². The Kier molecular flexibility index (Phi) is 3.41. The van der Waals surface area contributed by atoms with E-state index in [1.165, 1.54) is 0 Å². The zero-order chi connectivity index (χ0) is 16.0. The quantitative estimate of drug-likeness (QED) is 0.796. The molecule has 4 rings (SSSR count). The van der Waals surface area contributed by atoms with Crippen LogP contribution in [0.5, 0.6) is 0 Å². The lowest BCUT2D eigenvalue weighted by Crippen LogP contribution is -2.34. The third-order valence-corrected chi connectivity index (χ3v) is 5.72. The molecule has 1 aromatic rings. The summed E-state index contributed by atoms with van der Waals surface area (Å²) in [6.45, 7) is 4.08. The number of benzene rings is 1. The van der Waals surface area contributed by atoms with Gasteiger partial charge in [0, 0.05) is 11.6 Å². The molecule has 2 unspecified atom stereocenters. The standard InChI is InChI=1S/C18H23N3O2/c1-11(12-2-3-15-13(8-12)9-16(22)21-15)20-17(23)14-10-18(14)4-6-19-7-5-18/h2-3,8,11,14,19H,4-7,9-10H2,1H3,(H,20,23)(H,21,22). The van der Waals surface area contributed by atoms with Crippen molar-refractivity contribution >= 4 is 17.5 Å². The van der Waals surface area contributed by atoms with Crippen LogP contribution >= 0.6 is 0 Å². The predicted octanol–water partition coefficient (Wildman–Crippen LogP) is 1.75.